The van der Waals surface area contributed by atoms with Crippen LogP contribution in [0.5, 0.6) is 5.75 Å². The molecule has 0 saturated carbocycles. The number of alkyl halides is 1. The van der Waals surface area contributed by atoms with Crippen LogP contribution in [0, 0.1) is 3.57 Å². The van der Waals surface area contributed by atoms with Gasteiger partial charge in [-0.25, -0.2) is 0 Å². The predicted octanol–water partition coefficient (Wildman–Crippen LogP) is 2.87. The Morgan fingerprint density at radius 3 is 2.40 bits per heavy atom. The SMILES string of the molecule is ClCOc1ccc(I)cc1. The van der Waals surface area contributed by atoms with Gasteiger partial charge < -0.3 is 4.74 Å². The van der Waals surface area contributed by atoms with Crippen molar-refractivity contribution < 1.29 is 4.74 Å². The largest absolute Gasteiger partial charge is 0.478 e. The van der Waals surface area contributed by atoms with Crippen LogP contribution in [0.25, 0.3) is 0 Å². The summed E-state index contributed by atoms with van der Waals surface area (Å²) in [5, 5.41) is 0. The molecule has 0 aromatic heterocycles. The Labute approximate surface area is 78.5 Å². The van der Waals surface area contributed by atoms with Gasteiger partial charge in [-0.05, 0) is 46.9 Å². The van der Waals surface area contributed by atoms with Gasteiger partial charge in [0.25, 0.3) is 0 Å². The van der Waals surface area contributed by atoms with Crippen molar-refractivity contribution >= 4 is 34.2 Å². The van der Waals surface area contributed by atoms with Crippen molar-refractivity contribution in [3.05, 3.63) is 27.8 Å². The lowest BCUT2D eigenvalue weighted by Gasteiger charge is -1.99. The maximum atomic E-state index is 5.35. The van der Waals surface area contributed by atoms with Crippen molar-refractivity contribution in [3.63, 3.8) is 0 Å². The molecule has 54 valence electrons. The maximum absolute atomic E-state index is 5.35. The van der Waals surface area contributed by atoms with E-state index in [9.17, 15) is 0 Å². The molecule has 0 aliphatic heterocycles. The fourth-order valence-electron chi connectivity index (χ4n) is 0.594. The standard InChI is InChI=1S/C7H6ClIO/c8-5-10-7-3-1-6(9)2-4-7/h1-4H,5H2. The molecule has 1 aromatic carbocycles. The molecule has 0 heterocycles. The number of rotatable bonds is 2. The van der Waals surface area contributed by atoms with E-state index in [-0.39, 0.29) is 6.07 Å². The highest BCUT2D eigenvalue weighted by Gasteiger charge is 1.89. The number of hydrogen-bond donors (Lipinski definition) is 0. The van der Waals surface area contributed by atoms with Gasteiger partial charge >= 0.3 is 0 Å². The van der Waals surface area contributed by atoms with E-state index in [0.717, 1.165) is 5.75 Å². The number of halogens is 2. The molecule has 10 heavy (non-hydrogen) atoms. The molecule has 0 bridgehead atoms. The van der Waals surface area contributed by atoms with Crippen LogP contribution in [-0.4, -0.2) is 6.07 Å². The molecule has 0 radical (unpaired) electrons. The van der Waals surface area contributed by atoms with Crippen LogP contribution in [0.2, 0.25) is 0 Å². The van der Waals surface area contributed by atoms with Crippen LogP contribution >= 0.6 is 34.2 Å². The normalized spacial score (nSPS) is 9.40. The second kappa shape index (κ2) is 4.03. The van der Waals surface area contributed by atoms with Crippen LogP contribution in [0.15, 0.2) is 24.3 Å². The minimum absolute atomic E-state index is 0.209. The molecule has 0 saturated heterocycles. The third kappa shape index (κ3) is 2.34. The summed E-state index contributed by atoms with van der Waals surface area (Å²) in [7, 11) is 0. The first-order valence-corrected chi connectivity index (χ1v) is 4.38. The highest BCUT2D eigenvalue weighted by atomic mass is 127. The molecule has 0 N–H and O–H groups in total. The fourth-order valence-corrected chi connectivity index (χ4v) is 1.08. The van der Waals surface area contributed by atoms with Crippen LogP contribution in [0.3, 0.4) is 0 Å². The first kappa shape index (κ1) is 8.14. The van der Waals surface area contributed by atoms with Crippen LogP contribution in [0.4, 0.5) is 0 Å². The summed E-state index contributed by atoms with van der Waals surface area (Å²) in [6.07, 6.45) is 0. The summed E-state index contributed by atoms with van der Waals surface area (Å²) in [5.74, 6) is 0.815. The van der Waals surface area contributed by atoms with Gasteiger partial charge in [0.1, 0.15) is 5.75 Å². The minimum atomic E-state index is 0.209. The quantitative estimate of drug-likeness (QED) is 0.592. The Kier molecular flexibility index (Phi) is 3.28. The highest BCUT2D eigenvalue weighted by molar-refractivity contribution is 14.1. The van der Waals surface area contributed by atoms with Crippen molar-refractivity contribution in [2.45, 2.75) is 0 Å². The zero-order valence-corrected chi connectivity index (χ0v) is 8.09. The first-order chi connectivity index (χ1) is 4.83. The number of benzene rings is 1. The monoisotopic (exact) mass is 268 g/mol. The highest BCUT2D eigenvalue weighted by Crippen LogP contribution is 2.13. The van der Waals surface area contributed by atoms with Gasteiger partial charge in [-0.1, -0.05) is 11.6 Å². The summed E-state index contributed by atoms with van der Waals surface area (Å²) in [5.41, 5.74) is 0. The van der Waals surface area contributed by atoms with E-state index >= 15 is 0 Å². The summed E-state index contributed by atoms with van der Waals surface area (Å²) in [4.78, 5) is 0. The predicted molar refractivity (Wildman–Crippen MR) is 50.5 cm³/mol. The average Bonchev–Trinajstić information content (AvgIpc) is 1.95. The van der Waals surface area contributed by atoms with Gasteiger partial charge in [-0.3, -0.25) is 0 Å². The smallest absolute Gasteiger partial charge is 0.162 e. The molecule has 1 rings (SSSR count). The lowest BCUT2D eigenvalue weighted by atomic mass is 10.3. The van der Waals surface area contributed by atoms with Crippen LogP contribution < -0.4 is 4.74 Å². The molecule has 3 heteroatoms. The minimum Gasteiger partial charge on any atom is -0.478 e. The lowest BCUT2D eigenvalue weighted by Crippen LogP contribution is -1.87. The third-order valence-corrected chi connectivity index (χ3v) is 1.86. The van der Waals surface area contributed by atoms with Gasteiger partial charge in [0.15, 0.2) is 6.07 Å². The Morgan fingerprint density at radius 1 is 1.30 bits per heavy atom. The van der Waals surface area contributed by atoms with Crippen molar-refractivity contribution in [1.29, 1.82) is 0 Å². The Balaban J connectivity index is 2.69. The van der Waals surface area contributed by atoms with E-state index in [1.54, 1.807) is 0 Å². The van der Waals surface area contributed by atoms with E-state index in [4.69, 9.17) is 16.3 Å². The van der Waals surface area contributed by atoms with Crippen LogP contribution in [0.1, 0.15) is 0 Å². The Morgan fingerprint density at radius 2 is 1.90 bits per heavy atom. The molecular weight excluding hydrogens is 262 g/mol. The van der Waals surface area contributed by atoms with Crippen molar-refractivity contribution in [2.24, 2.45) is 0 Å². The van der Waals surface area contributed by atoms with Gasteiger partial charge in [-0.2, -0.15) is 0 Å². The summed E-state index contributed by atoms with van der Waals surface area (Å²) >= 11 is 7.59. The maximum Gasteiger partial charge on any atom is 0.162 e. The van der Waals surface area contributed by atoms with Gasteiger partial charge in [0.2, 0.25) is 0 Å². The molecule has 1 aromatic rings. The summed E-state index contributed by atoms with van der Waals surface area (Å²) < 4.78 is 6.22. The summed E-state index contributed by atoms with van der Waals surface area (Å²) in [6, 6.07) is 7.94. The van der Waals surface area contributed by atoms with Gasteiger partial charge in [0.05, 0.1) is 0 Å². The summed E-state index contributed by atoms with van der Waals surface area (Å²) in [6.45, 7) is 0. The number of hydrogen-bond acceptors (Lipinski definition) is 1. The first-order valence-electron chi connectivity index (χ1n) is 2.77. The van der Waals surface area contributed by atoms with Crippen LogP contribution in [-0.2, 0) is 0 Å². The van der Waals surface area contributed by atoms with Crippen molar-refractivity contribution in [1.82, 2.24) is 0 Å². The zero-order valence-electron chi connectivity index (χ0n) is 5.18. The topological polar surface area (TPSA) is 9.23 Å². The molecule has 0 unspecified atom stereocenters. The van der Waals surface area contributed by atoms with E-state index in [1.165, 1.54) is 3.57 Å². The second-order valence-electron chi connectivity index (χ2n) is 1.71. The van der Waals surface area contributed by atoms with E-state index < -0.39 is 0 Å². The number of ether oxygens (including phenoxy) is 1. The molecule has 0 aliphatic rings. The van der Waals surface area contributed by atoms with Crippen molar-refractivity contribution in [2.75, 3.05) is 6.07 Å². The Bertz CT molecular complexity index is 197. The average molecular weight is 268 g/mol. The molecule has 0 atom stereocenters. The molecule has 0 aliphatic carbocycles. The second-order valence-corrected chi connectivity index (χ2v) is 3.17. The molecular formula is C7H6ClIO. The molecule has 0 fully saturated rings. The van der Waals surface area contributed by atoms with Gasteiger partial charge in [-0.15, -0.1) is 0 Å². The zero-order chi connectivity index (χ0) is 7.40. The Hall–Kier alpha value is 0.0400. The van der Waals surface area contributed by atoms with E-state index in [2.05, 4.69) is 22.6 Å². The molecule has 1 nitrogen and oxygen atoms in total. The fraction of sp³-hybridized carbons (Fsp3) is 0.143. The third-order valence-electron chi connectivity index (χ3n) is 1.03. The van der Waals surface area contributed by atoms with Crippen molar-refractivity contribution in [3.8, 4) is 5.75 Å². The van der Waals surface area contributed by atoms with Gasteiger partial charge in [0, 0.05) is 3.57 Å². The van der Waals surface area contributed by atoms with E-state index in [1.807, 2.05) is 24.3 Å². The molecule has 0 spiro atoms. The van der Waals surface area contributed by atoms with E-state index in [0.29, 0.717) is 0 Å². The lowest BCUT2D eigenvalue weighted by molar-refractivity contribution is 0.388. The molecule has 0 amide bonds.